The average Bonchev–Trinajstić information content (AvgIpc) is 2.84. The van der Waals surface area contributed by atoms with Crippen LogP contribution in [0.15, 0.2) is 11.2 Å². The molecule has 19 heavy (non-hydrogen) atoms. The Labute approximate surface area is 113 Å². The van der Waals surface area contributed by atoms with Gasteiger partial charge in [-0.25, -0.2) is 13.4 Å². The van der Waals surface area contributed by atoms with Crippen LogP contribution in [0.4, 0.5) is 0 Å². The van der Waals surface area contributed by atoms with Crippen LogP contribution in [0.1, 0.15) is 26.6 Å². The van der Waals surface area contributed by atoms with Crippen LogP contribution in [-0.2, 0) is 16.4 Å². The third-order valence-corrected chi connectivity index (χ3v) is 4.77. The number of nitrogens with one attached hydrogen (secondary N) is 2. The number of aryl methyl sites for hydroxylation is 1. The highest BCUT2D eigenvalue weighted by Gasteiger charge is 2.27. The molecule has 1 heterocycles. The number of H-pyrrole nitrogens is 1. The molecular formula is C11H21N5O2S. The molecule has 0 amide bonds. The molecule has 1 aromatic heterocycles. The molecular weight excluding hydrogens is 266 g/mol. The first kappa shape index (κ1) is 15.6. The lowest BCUT2D eigenvalue weighted by Gasteiger charge is -2.22. The second-order valence-electron chi connectivity index (χ2n) is 4.36. The van der Waals surface area contributed by atoms with E-state index in [9.17, 15) is 8.42 Å². The van der Waals surface area contributed by atoms with Crippen molar-refractivity contribution >= 4 is 15.9 Å². The first-order chi connectivity index (χ1) is 8.82. The Hall–Kier alpha value is -1.41. The SMILES string of the molecule is CCc1ncc(S(=O)(=O)N(CC)CC(C)C(=N)N)[nH]1. The molecule has 0 aliphatic carbocycles. The van der Waals surface area contributed by atoms with Crippen molar-refractivity contribution < 1.29 is 8.42 Å². The molecule has 1 rings (SSSR count). The Morgan fingerprint density at radius 2 is 2.21 bits per heavy atom. The van der Waals surface area contributed by atoms with Crippen molar-refractivity contribution in [2.24, 2.45) is 11.7 Å². The third kappa shape index (κ3) is 3.54. The summed E-state index contributed by atoms with van der Waals surface area (Å²) in [5.41, 5.74) is 5.39. The molecule has 0 bridgehead atoms. The largest absolute Gasteiger partial charge is 0.387 e. The Morgan fingerprint density at radius 1 is 1.58 bits per heavy atom. The van der Waals surface area contributed by atoms with Gasteiger partial charge in [-0.1, -0.05) is 20.8 Å². The van der Waals surface area contributed by atoms with E-state index in [0.717, 1.165) is 0 Å². The van der Waals surface area contributed by atoms with Crippen molar-refractivity contribution in [1.29, 1.82) is 5.41 Å². The van der Waals surface area contributed by atoms with Gasteiger partial charge in [0.1, 0.15) is 5.82 Å². The third-order valence-electron chi connectivity index (χ3n) is 2.92. The summed E-state index contributed by atoms with van der Waals surface area (Å²) in [6.07, 6.45) is 1.97. The Morgan fingerprint density at radius 3 is 2.63 bits per heavy atom. The van der Waals surface area contributed by atoms with E-state index in [2.05, 4.69) is 9.97 Å². The van der Waals surface area contributed by atoms with Crippen molar-refractivity contribution in [3.05, 3.63) is 12.0 Å². The maximum Gasteiger partial charge on any atom is 0.260 e. The molecule has 4 N–H and O–H groups in total. The minimum absolute atomic E-state index is 0.0208. The second kappa shape index (κ2) is 6.16. The van der Waals surface area contributed by atoms with E-state index in [1.165, 1.54) is 10.5 Å². The highest BCUT2D eigenvalue weighted by molar-refractivity contribution is 7.89. The van der Waals surface area contributed by atoms with Gasteiger partial charge in [0.15, 0.2) is 5.03 Å². The van der Waals surface area contributed by atoms with E-state index in [4.69, 9.17) is 11.1 Å². The Balaban J connectivity index is 2.98. The summed E-state index contributed by atoms with van der Waals surface area (Å²) in [4.78, 5) is 6.80. The molecule has 1 atom stereocenters. The molecule has 1 aromatic rings. The van der Waals surface area contributed by atoms with Gasteiger partial charge < -0.3 is 10.7 Å². The van der Waals surface area contributed by atoms with Crippen LogP contribution in [0.5, 0.6) is 0 Å². The number of imidazole rings is 1. The average molecular weight is 287 g/mol. The number of aromatic nitrogens is 2. The maximum atomic E-state index is 12.4. The Kier molecular flexibility index (Phi) is 5.07. The van der Waals surface area contributed by atoms with Gasteiger partial charge in [0, 0.05) is 25.4 Å². The molecule has 0 radical (unpaired) electrons. The fraction of sp³-hybridized carbons (Fsp3) is 0.636. The van der Waals surface area contributed by atoms with E-state index >= 15 is 0 Å². The zero-order valence-corrected chi connectivity index (χ0v) is 12.3. The second-order valence-corrected chi connectivity index (χ2v) is 6.27. The molecule has 0 fully saturated rings. The van der Waals surface area contributed by atoms with E-state index < -0.39 is 10.0 Å². The van der Waals surface area contributed by atoms with Gasteiger partial charge in [-0.15, -0.1) is 0 Å². The fourth-order valence-electron chi connectivity index (χ4n) is 1.59. The standard InChI is InChI=1S/C11H21N5O2S/c1-4-9-14-6-10(15-9)19(17,18)16(5-2)7-8(3)11(12)13/h6,8H,4-5,7H2,1-3H3,(H3,12,13)(H,14,15). The summed E-state index contributed by atoms with van der Waals surface area (Å²) in [5.74, 6) is 0.296. The van der Waals surface area contributed by atoms with Crippen LogP contribution < -0.4 is 5.73 Å². The van der Waals surface area contributed by atoms with Gasteiger partial charge in [0.2, 0.25) is 0 Å². The minimum atomic E-state index is -3.61. The lowest BCUT2D eigenvalue weighted by atomic mass is 10.1. The monoisotopic (exact) mass is 287 g/mol. The summed E-state index contributed by atoms with van der Waals surface area (Å²) >= 11 is 0. The number of aromatic amines is 1. The number of nitrogens with zero attached hydrogens (tertiary/aromatic N) is 2. The molecule has 0 aliphatic heterocycles. The van der Waals surface area contributed by atoms with Crippen LogP contribution in [0.25, 0.3) is 0 Å². The van der Waals surface area contributed by atoms with E-state index in [1.54, 1.807) is 13.8 Å². The molecule has 108 valence electrons. The predicted octanol–water partition coefficient (Wildman–Crippen LogP) is 0.555. The van der Waals surface area contributed by atoms with Gasteiger partial charge in [-0.2, -0.15) is 4.31 Å². The molecule has 0 saturated carbocycles. The number of hydrogen-bond acceptors (Lipinski definition) is 4. The zero-order valence-electron chi connectivity index (χ0n) is 11.5. The van der Waals surface area contributed by atoms with Crippen molar-refractivity contribution in [2.75, 3.05) is 13.1 Å². The minimum Gasteiger partial charge on any atom is -0.387 e. The van der Waals surface area contributed by atoms with Crippen LogP contribution in [0.3, 0.4) is 0 Å². The summed E-state index contributed by atoms with van der Waals surface area (Å²) in [7, 11) is -3.61. The van der Waals surface area contributed by atoms with Gasteiger partial charge in [-0.05, 0) is 0 Å². The number of hydrogen-bond donors (Lipinski definition) is 3. The normalized spacial score (nSPS) is 13.7. The topological polar surface area (TPSA) is 116 Å². The fourth-order valence-corrected chi connectivity index (χ4v) is 3.06. The maximum absolute atomic E-state index is 12.4. The number of sulfonamides is 1. The van der Waals surface area contributed by atoms with Crippen molar-refractivity contribution in [2.45, 2.75) is 32.2 Å². The lowest BCUT2D eigenvalue weighted by Crippen LogP contribution is -2.38. The van der Waals surface area contributed by atoms with Gasteiger partial charge >= 0.3 is 0 Å². The summed E-state index contributed by atoms with van der Waals surface area (Å²) < 4.78 is 26.1. The van der Waals surface area contributed by atoms with E-state index in [-0.39, 0.29) is 23.3 Å². The quantitative estimate of drug-likeness (QED) is 0.501. The summed E-state index contributed by atoms with van der Waals surface area (Å²) in [6.45, 7) is 5.88. The van der Waals surface area contributed by atoms with Gasteiger partial charge in [0.05, 0.1) is 12.0 Å². The lowest BCUT2D eigenvalue weighted by molar-refractivity contribution is 0.402. The van der Waals surface area contributed by atoms with Crippen LogP contribution in [0, 0.1) is 11.3 Å². The predicted molar refractivity (Wildman–Crippen MR) is 73.5 cm³/mol. The highest BCUT2D eigenvalue weighted by Crippen LogP contribution is 2.15. The smallest absolute Gasteiger partial charge is 0.260 e. The Bertz CT molecular complexity index is 537. The molecule has 0 aliphatic rings. The van der Waals surface area contributed by atoms with E-state index in [1.807, 2.05) is 6.92 Å². The molecule has 0 aromatic carbocycles. The van der Waals surface area contributed by atoms with Crippen LogP contribution in [-0.4, -0.2) is 41.6 Å². The van der Waals surface area contributed by atoms with Crippen LogP contribution in [0.2, 0.25) is 0 Å². The van der Waals surface area contributed by atoms with Gasteiger partial charge in [0.25, 0.3) is 10.0 Å². The first-order valence-corrected chi connectivity index (χ1v) is 7.64. The molecule has 1 unspecified atom stereocenters. The molecule has 8 heteroatoms. The molecule has 0 spiro atoms. The van der Waals surface area contributed by atoms with Crippen molar-refractivity contribution in [1.82, 2.24) is 14.3 Å². The van der Waals surface area contributed by atoms with Crippen molar-refractivity contribution in [3.8, 4) is 0 Å². The molecule has 0 saturated heterocycles. The van der Waals surface area contributed by atoms with Crippen LogP contribution >= 0.6 is 0 Å². The van der Waals surface area contributed by atoms with Gasteiger partial charge in [-0.3, -0.25) is 5.41 Å². The highest BCUT2D eigenvalue weighted by atomic mass is 32.2. The molecule has 7 nitrogen and oxygen atoms in total. The summed E-state index contributed by atoms with van der Waals surface area (Å²) in [6, 6.07) is 0. The summed E-state index contributed by atoms with van der Waals surface area (Å²) in [5, 5.41) is 7.43. The number of nitrogens with two attached hydrogens (primary N) is 1. The van der Waals surface area contributed by atoms with Crippen molar-refractivity contribution in [3.63, 3.8) is 0 Å². The van der Waals surface area contributed by atoms with E-state index in [0.29, 0.717) is 18.8 Å². The first-order valence-electron chi connectivity index (χ1n) is 6.20. The zero-order chi connectivity index (χ0) is 14.6. The number of rotatable bonds is 7. The number of amidine groups is 1.